The van der Waals surface area contributed by atoms with E-state index in [1.807, 2.05) is 33.2 Å². The van der Waals surface area contributed by atoms with Crippen molar-refractivity contribution in [2.24, 2.45) is 12.8 Å². The van der Waals surface area contributed by atoms with E-state index in [-0.39, 0.29) is 0 Å². The van der Waals surface area contributed by atoms with Gasteiger partial charge in [-0.05, 0) is 19.4 Å². The number of hydrogen-bond donors (Lipinski definition) is 1. The summed E-state index contributed by atoms with van der Waals surface area (Å²) in [6.07, 6.45) is 3.84. The molecule has 0 aliphatic heterocycles. The predicted molar refractivity (Wildman–Crippen MR) is 55.8 cm³/mol. The largest absolute Gasteiger partial charge is 0.397 e. The summed E-state index contributed by atoms with van der Waals surface area (Å²) in [6.45, 7) is 7.75. The van der Waals surface area contributed by atoms with Gasteiger partial charge in [0.15, 0.2) is 0 Å². The summed E-state index contributed by atoms with van der Waals surface area (Å²) in [5, 5.41) is 4.14. The van der Waals surface area contributed by atoms with Crippen molar-refractivity contribution in [1.82, 2.24) is 9.78 Å². The van der Waals surface area contributed by atoms with Crippen molar-refractivity contribution >= 4 is 11.3 Å². The highest BCUT2D eigenvalue weighted by Gasteiger charge is 2.09. The Kier molecular flexibility index (Phi) is 2.56. The van der Waals surface area contributed by atoms with Crippen molar-refractivity contribution < 1.29 is 0 Å². The number of rotatable bonds is 2. The molecule has 0 aliphatic rings. The molecule has 0 amide bonds. The van der Waals surface area contributed by atoms with Crippen LogP contribution in [0, 0.1) is 0 Å². The van der Waals surface area contributed by atoms with E-state index in [1.54, 1.807) is 4.68 Å². The van der Waals surface area contributed by atoms with Crippen molar-refractivity contribution in [2.45, 2.75) is 13.8 Å². The zero-order valence-corrected chi connectivity index (χ0v) is 8.33. The van der Waals surface area contributed by atoms with Crippen molar-refractivity contribution in [3.63, 3.8) is 0 Å². The van der Waals surface area contributed by atoms with Gasteiger partial charge in [-0.15, -0.1) is 0 Å². The fourth-order valence-electron chi connectivity index (χ4n) is 1.26. The van der Waals surface area contributed by atoms with E-state index >= 15 is 0 Å². The maximum absolute atomic E-state index is 5.67. The number of aromatic nitrogens is 2. The Morgan fingerprint density at radius 1 is 1.69 bits per heavy atom. The van der Waals surface area contributed by atoms with E-state index in [2.05, 4.69) is 11.7 Å². The first-order valence-electron chi connectivity index (χ1n) is 4.18. The molecule has 1 aromatic heterocycles. The quantitative estimate of drug-likeness (QED) is 0.748. The molecule has 3 nitrogen and oxygen atoms in total. The molecule has 3 heteroatoms. The van der Waals surface area contributed by atoms with Crippen LogP contribution in [-0.2, 0) is 7.05 Å². The van der Waals surface area contributed by atoms with E-state index in [9.17, 15) is 0 Å². The highest BCUT2D eigenvalue weighted by Crippen LogP contribution is 2.20. The van der Waals surface area contributed by atoms with Gasteiger partial charge in [-0.3, -0.25) is 4.68 Å². The fraction of sp³-hybridized carbons (Fsp3) is 0.300. The van der Waals surface area contributed by atoms with E-state index in [0.717, 1.165) is 16.8 Å². The van der Waals surface area contributed by atoms with Crippen LogP contribution in [0.4, 0.5) is 0 Å². The molecular formula is C10H15N3. The summed E-state index contributed by atoms with van der Waals surface area (Å²) in [4.78, 5) is 0. The SMILES string of the molecule is C=C(N)c1c(/C(C)=C\C)cnn1C. The molecule has 2 N–H and O–H groups in total. The molecule has 13 heavy (non-hydrogen) atoms. The number of nitrogens with zero attached hydrogens (tertiary/aromatic N) is 2. The van der Waals surface area contributed by atoms with E-state index < -0.39 is 0 Å². The average molecular weight is 177 g/mol. The molecule has 0 spiro atoms. The second-order valence-corrected chi connectivity index (χ2v) is 3.03. The van der Waals surface area contributed by atoms with Crippen LogP contribution in [0.3, 0.4) is 0 Å². The van der Waals surface area contributed by atoms with Crippen LogP contribution in [0.1, 0.15) is 25.1 Å². The minimum absolute atomic E-state index is 0.552. The van der Waals surface area contributed by atoms with Gasteiger partial charge < -0.3 is 5.73 Å². The molecule has 0 saturated carbocycles. The van der Waals surface area contributed by atoms with Crippen LogP contribution in [0.2, 0.25) is 0 Å². The lowest BCUT2D eigenvalue weighted by atomic mass is 10.1. The third kappa shape index (κ3) is 1.64. The molecule has 1 heterocycles. The normalized spacial score (nSPS) is 11.8. The van der Waals surface area contributed by atoms with Crippen molar-refractivity contribution in [3.8, 4) is 0 Å². The maximum Gasteiger partial charge on any atom is 0.0904 e. The Hall–Kier alpha value is -1.51. The Balaban J connectivity index is 3.31. The zero-order chi connectivity index (χ0) is 10.0. The topological polar surface area (TPSA) is 43.8 Å². The molecule has 0 bridgehead atoms. The minimum Gasteiger partial charge on any atom is -0.397 e. The molecule has 0 aliphatic carbocycles. The van der Waals surface area contributed by atoms with Gasteiger partial charge in [0, 0.05) is 12.6 Å². The lowest BCUT2D eigenvalue weighted by Gasteiger charge is -2.04. The van der Waals surface area contributed by atoms with Crippen molar-refractivity contribution in [2.75, 3.05) is 0 Å². The molecule has 0 fully saturated rings. The zero-order valence-electron chi connectivity index (χ0n) is 8.33. The van der Waals surface area contributed by atoms with Crippen LogP contribution in [-0.4, -0.2) is 9.78 Å². The Morgan fingerprint density at radius 2 is 2.31 bits per heavy atom. The van der Waals surface area contributed by atoms with Gasteiger partial charge in [0.05, 0.1) is 17.6 Å². The highest BCUT2D eigenvalue weighted by atomic mass is 15.3. The first kappa shape index (κ1) is 9.58. The van der Waals surface area contributed by atoms with Gasteiger partial charge in [0.2, 0.25) is 0 Å². The predicted octanol–water partition coefficient (Wildman–Crippen LogP) is 1.77. The number of nitrogens with two attached hydrogens (primary N) is 1. The monoisotopic (exact) mass is 177 g/mol. The molecule has 1 rings (SSSR count). The standard InChI is InChI=1S/C10H15N3/c1-5-7(2)9-6-12-13(4)10(9)8(3)11/h5-6H,3,11H2,1-2,4H3/b7-5-. The van der Waals surface area contributed by atoms with Crippen LogP contribution in [0.5, 0.6) is 0 Å². The van der Waals surface area contributed by atoms with Gasteiger partial charge >= 0.3 is 0 Å². The smallest absolute Gasteiger partial charge is 0.0904 e. The average Bonchev–Trinajstić information content (AvgIpc) is 2.45. The number of hydrogen-bond acceptors (Lipinski definition) is 2. The summed E-state index contributed by atoms with van der Waals surface area (Å²) in [7, 11) is 1.86. The third-order valence-corrected chi connectivity index (χ3v) is 2.10. The molecule has 0 unspecified atom stereocenters. The summed E-state index contributed by atoms with van der Waals surface area (Å²) in [6, 6.07) is 0. The second-order valence-electron chi connectivity index (χ2n) is 3.03. The second kappa shape index (κ2) is 3.47. The van der Waals surface area contributed by atoms with E-state index in [1.165, 1.54) is 0 Å². The molecule has 0 aromatic carbocycles. The fourth-order valence-corrected chi connectivity index (χ4v) is 1.26. The van der Waals surface area contributed by atoms with E-state index in [0.29, 0.717) is 5.70 Å². The van der Waals surface area contributed by atoms with Crippen molar-refractivity contribution in [3.05, 3.63) is 30.1 Å². The molecule has 0 radical (unpaired) electrons. The van der Waals surface area contributed by atoms with Crippen molar-refractivity contribution in [1.29, 1.82) is 0 Å². The van der Waals surface area contributed by atoms with Crippen LogP contribution >= 0.6 is 0 Å². The molecular weight excluding hydrogens is 162 g/mol. The number of allylic oxidation sites excluding steroid dienone is 2. The maximum atomic E-state index is 5.67. The van der Waals surface area contributed by atoms with Gasteiger partial charge in [0.1, 0.15) is 0 Å². The lowest BCUT2D eigenvalue weighted by Crippen LogP contribution is -2.04. The highest BCUT2D eigenvalue weighted by molar-refractivity contribution is 5.74. The Bertz CT molecular complexity index is 358. The first-order valence-corrected chi connectivity index (χ1v) is 4.18. The Morgan fingerprint density at radius 3 is 2.77 bits per heavy atom. The van der Waals surface area contributed by atoms with Crippen LogP contribution in [0.15, 0.2) is 18.9 Å². The molecule has 0 atom stereocenters. The first-order chi connectivity index (χ1) is 6.07. The lowest BCUT2D eigenvalue weighted by molar-refractivity contribution is 0.755. The van der Waals surface area contributed by atoms with Gasteiger partial charge in [-0.25, -0.2) is 0 Å². The van der Waals surface area contributed by atoms with Crippen LogP contribution < -0.4 is 5.73 Å². The number of aryl methyl sites for hydroxylation is 1. The van der Waals surface area contributed by atoms with Gasteiger partial charge in [-0.1, -0.05) is 12.7 Å². The summed E-state index contributed by atoms with van der Waals surface area (Å²) in [5.41, 5.74) is 9.34. The summed E-state index contributed by atoms with van der Waals surface area (Å²) < 4.78 is 1.74. The summed E-state index contributed by atoms with van der Waals surface area (Å²) >= 11 is 0. The minimum atomic E-state index is 0.552. The molecule has 70 valence electrons. The third-order valence-electron chi connectivity index (χ3n) is 2.10. The van der Waals surface area contributed by atoms with Crippen LogP contribution in [0.25, 0.3) is 11.3 Å². The Labute approximate surface area is 78.6 Å². The van der Waals surface area contributed by atoms with E-state index in [4.69, 9.17) is 5.73 Å². The van der Waals surface area contributed by atoms with Gasteiger partial charge in [-0.2, -0.15) is 5.10 Å². The van der Waals surface area contributed by atoms with Gasteiger partial charge in [0.25, 0.3) is 0 Å². The molecule has 0 saturated heterocycles. The molecule has 1 aromatic rings. The summed E-state index contributed by atoms with van der Waals surface area (Å²) in [5.74, 6) is 0.